The molecule has 0 aliphatic heterocycles. The smallest absolute Gasteiger partial charge is 0.243 e. The van der Waals surface area contributed by atoms with Crippen LogP contribution < -0.4 is 10.6 Å². The summed E-state index contributed by atoms with van der Waals surface area (Å²) in [6.45, 7) is -0.291. The highest BCUT2D eigenvalue weighted by atomic mass is 19.1. The molecule has 138 valence electrons. The summed E-state index contributed by atoms with van der Waals surface area (Å²) in [4.78, 5) is 27.5. The Morgan fingerprint density at radius 3 is 2.63 bits per heavy atom. The number of aromatic nitrogens is 3. The van der Waals surface area contributed by atoms with Gasteiger partial charge in [0.05, 0.1) is 13.0 Å². The van der Waals surface area contributed by atoms with E-state index in [2.05, 4.69) is 20.7 Å². The van der Waals surface area contributed by atoms with Gasteiger partial charge in [0.25, 0.3) is 0 Å². The lowest BCUT2D eigenvalue weighted by molar-refractivity contribution is -0.123. The van der Waals surface area contributed by atoms with Gasteiger partial charge in [-0.3, -0.25) is 9.59 Å². The Balaban J connectivity index is 1.52. The maximum Gasteiger partial charge on any atom is 0.243 e. The van der Waals surface area contributed by atoms with Crippen LogP contribution in [0.2, 0.25) is 0 Å². The van der Waals surface area contributed by atoms with Crippen LogP contribution in [0.5, 0.6) is 0 Å². The van der Waals surface area contributed by atoms with Gasteiger partial charge >= 0.3 is 0 Å². The van der Waals surface area contributed by atoms with Crippen molar-refractivity contribution in [3.63, 3.8) is 0 Å². The molecule has 1 heterocycles. The van der Waals surface area contributed by atoms with E-state index in [1.54, 1.807) is 6.07 Å². The van der Waals surface area contributed by atoms with Crippen molar-refractivity contribution in [2.75, 3.05) is 11.9 Å². The van der Waals surface area contributed by atoms with E-state index in [-0.39, 0.29) is 24.3 Å². The molecule has 9 heteroatoms. The number of nitrogens with one attached hydrogen (secondary N) is 2. The van der Waals surface area contributed by atoms with Crippen LogP contribution in [0.15, 0.2) is 55.1 Å². The number of benzene rings is 2. The number of rotatable bonds is 6. The lowest BCUT2D eigenvalue weighted by Gasteiger charge is -2.09. The largest absolute Gasteiger partial charge is 0.347 e. The first kappa shape index (κ1) is 18.2. The summed E-state index contributed by atoms with van der Waals surface area (Å²) in [6.07, 6.45) is 2.58. The van der Waals surface area contributed by atoms with Gasteiger partial charge in [-0.2, -0.15) is 5.10 Å². The van der Waals surface area contributed by atoms with E-state index in [1.165, 1.54) is 47.7 Å². The minimum Gasteiger partial charge on any atom is -0.347 e. The molecule has 2 amide bonds. The van der Waals surface area contributed by atoms with Gasteiger partial charge in [0, 0.05) is 5.69 Å². The van der Waals surface area contributed by atoms with E-state index in [4.69, 9.17) is 0 Å². The Morgan fingerprint density at radius 1 is 1.07 bits per heavy atom. The van der Waals surface area contributed by atoms with Crippen LogP contribution in [0.4, 0.5) is 14.5 Å². The number of hydrogen-bond acceptors (Lipinski definition) is 4. The van der Waals surface area contributed by atoms with E-state index in [0.29, 0.717) is 5.56 Å². The third kappa shape index (κ3) is 4.94. The molecule has 0 spiro atoms. The van der Waals surface area contributed by atoms with Crippen LogP contribution in [0.3, 0.4) is 0 Å². The van der Waals surface area contributed by atoms with E-state index < -0.39 is 23.4 Å². The van der Waals surface area contributed by atoms with Crippen LogP contribution in [0.25, 0.3) is 5.69 Å². The van der Waals surface area contributed by atoms with Gasteiger partial charge in [0.2, 0.25) is 11.8 Å². The molecule has 1 aromatic heterocycles. The molecule has 2 aromatic carbocycles. The summed E-state index contributed by atoms with van der Waals surface area (Å²) < 4.78 is 28.5. The number of halogens is 2. The van der Waals surface area contributed by atoms with Crippen molar-refractivity contribution in [3.05, 3.63) is 72.3 Å². The zero-order valence-electron chi connectivity index (χ0n) is 14.0. The number of hydrogen-bond donors (Lipinski definition) is 2. The average molecular weight is 371 g/mol. The molecule has 0 atom stereocenters. The van der Waals surface area contributed by atoms with Gasteiger partial charge in [-0.25, -0.2) is 18.4 Å². The first-order valence-corrected chi connectivity index (χ1v) is 7.97. The van der Waals surface area contributed by atoms with Crippen LogP contribution in [0.1, 0.15) is 5.56 Å². The summed E-state index contributed by atoms with van der Waals surface area (Å²) in [6, 6.07) is 9.74. The summed E-state index contributed by atoms with van der Waals surface area (Å²) in [5, 5.41) is 8.75. The molecular formula is C18H15F2N5O2. The standard InChI is InChI=1S/C18H15F2N5O2/c19-13-3-1-2-12(6-13)7-17(26)22-9-18(27)24-14-4-5-16(15(20)8-14)25-11-21-10-23-25/h1-6,8,10-11H,7,9H2,(H,22,26)(H,24,27). The molecule has 0 radical (unpaired) electrons. The zero-order valence-corrected chi connectivity index (χ0v) is 14.0. The monoisotopic (exact) mass is 371 g/mol. The first-order chi connectivity index (χ1) is 13.0. The normalized spacial score (nSPS) is 10.4. The predicted octanol–water partition coefficient (Wildman–Crippen LogP) is 1.84. The number of carbonyl (C=O) groups excluding carboxylic acids is 2. The molecule has 0 fully saturated rings. The van der Waals surface area contributed by atoms with Gasteiger partial charge in [-0.05, 0) is 35.9 Å². The first-order valence-electron chi connectivity index (χ1n) is 7.97. The topological polar surface area (TPSA) is 88.9 Å². The number of amides is 2. The Morgan fingerprint density at radius 2 is 1.93 bits per heavy atom. The van der Waals surface area contributed by atoms with Crippen molar-refractivity contribution in [2.45, 2.75) is 6.42 Å². The molecule has 0 saturated carbocycles. The summed E-state index contributed by atoms with van der Waals surface area (Å²) in [5.74, 6) is -1.97. The minimum atomic E-state index is -0.589. The van der Waals surface area contributed by atoms with Gasteiger partial charge in [-0.15, -0.1) is 0 Å². The Kier molecular flexibility index (Phi) is 5.50. The molecule has 3 aromatic rings. The van der Waals surface area contributed by atoms with Gasteiger partial charge in [0.15, 0.2) is 5.82 Å². The molecule has 0 saturated heterocycles. The molecular weight excluding hydrogens is 356 g/mol. The molecule has 3 rings (SSSR count). The quantitative estimate of drug-likeness (QED) is 0.692. The fourth-order valence-electron chi connectivity index (χ4n) is 2.38. The third-order valence-corrected chi connectivity index (χ3v) is 3.60. The SMILES string of the molecule is O=C(Cc1cccc(F)c1)NCC(=O)Nc1ccc(-n2cncn2)c(F)c1. The van der Waals surface area contributed by atoms with E-state index >= 15 is 0 Å². The molecule has 0 bridgehead atoms. The van der Waals surface area contributed by atoms with Crippen molar-refractivity contribution >= 4 is 17.5 Å². The lowest BCUT2D eigenvalue weighted by Crippen LogP contribution is -2.33. The molecule has 0 aliphatic carbocycles. The van der Waals surface area contributed by atoms with Gasteiger partial charge in [-0.1, -0.05) is 12.1 Å². The van der Waals surface area contributed by atoms with E-state index in [9.17, 15) is 18.4 Å². The Hall–Kier alpha value is -3.62. The third-order valence-electron chi connectivity index (χ3n) is 3.60. The number of carbonyl (C=O) groups is 2. The van der Waals surface area contributed by atoms with E-state index in [0.717, 1.165) is 6.07 Å². The molecule has 7 nitrogen and oxygen atoms in total. The molecule has 27 heavy (non-hydrogen) atoms. The zero-order chi connectivity index (χ0) is 19.2. The number of anilines is 1. The molecule has 2 N–H and O–H groups in total. The maximum absolute atomic E-state index is 14.1. The predicted molar refractivity (Wildman–Crippen MR) is 93.1 cm³/mol. The van der Waals surface area contributed by atoms with Crippen molar-refractivity contribution in [1.82, 2.24) is 20.1 Å². The second-order valence-electron chi connectivity index (χ2n) is 5.64. The highest BCUT2D eigenvalue weighted by Crippen LogP contribution is 2.17. The second-order valence-corrected chi connectivity index (χ2v) is 5.64. The van der Waals surface area contributed by atoms with Crippen molar-refractivity contribution < 1.29 is 18.4 Å². The van der Waals surface area contributed by atoms with Crippen molar-refractivity contribution in [1.29, 1.82) is 0 Å². The highest BCUT2D eigenvalue weighted by molar-refractivity contribution is 5.94. The van der Waals surface area contributed by atoms with E-state index in [1.807, 2.05) is 0 Å². The summed E-state index contributed by atoms with van der Waals surface area (Å²) >= 11 is 0. The fourth-order valence-corrected chi connectivity index (χ4v) is 2.38. The Labute approximate surface area is 153 Å². The lowest BCUT2D eigenvalue weighted by atomic mass is 10.1. The Bertz CT molecular complexity index is 960. The van der Waals surface area contributed by atoms with Gasteiger partial charge < -0.3 is 10.6 Å². The second kappa shape index (κ2) is 8.17. The van der Waals surface area contributed by atoms with Crippen LogP contribution >= 0.6 is 0 Å². The van der Waals surface area contributed by atoms with Crippen LogP contribution in [-0.4, -0.2) is 33.1 Å². The van der Waals surface area contributed by atoms with Gasteiger partial charge in [0.1, 0.15) is 24.2 Å². The fraction of sp³-hybridized carbons (Fsp3) is 0.111. The molecule has 0 aliphatic rings. The minimum absolute atomic E-state index is 0.0493. The summed E-state index contributed by atoms with van der Waals surface area (Å²) in [5.41, 5.74) is 0.924. The summed E-state index contributed by atoms with van der Waals surface area (Å²) in [7, 11) is 0. The van der Waals surface area contributed by atoms with Crippen LogP contribution in [-0.2, 0) is 16.0 Å². The maximum atomic E-state index is 14.1. The number of nitrogens with zero attached hydrogens (tertiary/aromatic N) is 3. The van der Waals surface area contributed by atoms with Crippen LogP contribution in [0, 0.1) is 11.6 Å². The van der Waals surface area contributed by atoms with Crippen molar-refractivity contribution in [2.24, 2.45) is 0 Å². The average Bonchev–Trinajstić information content (AvgIpc) is 3.14. The molecule has 0 unspecified atom stereocenters. The van der Waals surface area contributed by atoms with Crippen molar-refractivity contribution in [3.8, 4) is 5.69 Å². The highest BCUT2D eigenvalue weighted by Gasteiger charge is 2.10.